The minimum absolute atomic E-state index is 0.0995. The number of carbonyl (C=O) groups is 1. The number of pyridine rings is 1. The number of hydrogen-bond donors (Lipinski definition) is 1. The van der Waals surface area contributed by atoms with E-state index in [1.807, 2.05) is 0 Å². The lowest BCUT2D eigenvalue weighted by Gasteiger charge is -2.17. The minimum atomic E-state index is -1.59. The van der Waals surface area contributed by atoms with Crippen molar-refractivity contribution in [1.29, 1.82) is 5.26 Å². The lowest BCUT2D eigenvalue weighted by molar-refractivity contribution is 0.136. The number of ether oxygens (including phenoxy) is 1. The average Bonchev–Trinajstić information content (AvgIpc) is 2.89. The smallest absolute Gasteiger partial charge is 0.400 e. The first-order valence-electron chi connectivity index (χ1n) is 8.10. The summed E-state index contributed by atoms with van der Waals surface area (Å²) in [7, 11) is 2.91. The molecule has 27 heavy (non-hydrogen) atoms. The highest BCUT2D eigenvalue weighted by Gasteiger charge is 2.22. The maximum Gasteiger partial charge on any atom is 0.400 e. The monoisotopic (exact) mass is 372 g/mol. The molecule has 0 aliphatic heterocycles. The van der Waals surface area contributed by atoms with Crippen LogP contribution in [-0.2, 0) is 18.3 Å². The lowest BCUT2D eigenvalue weighted by atomic mass is 10.0. The molecule has 2 heterocycles. The molecule has 0 spiro atoms. The van der Waals surface area contributed by atoms with Gasteiger partial charge in [-0.15, -0.1) is 4.39 Å². The van der Waals surface area contributed by atoms with Crippen molar-refractivity contribution in [3.05, 3.63) is 41.6 Å². The van der Waals surface area contributed by atoms with E-state index in [1.165, 1.54) is 17.9 Å². The van der Waals surface area contributed by atoms with E-state index in [0.29, 0.717) is 28.1 Å². The number of allylic oxidation sites excluding steroid dienone is 1. The molecule has 0 fully saturated rings. The summed E-state index contributed by atoms with van der Waals surface area (Å²) in [5, 5.41) is 13.8. The van der Waals surface area contributed by atoms with Crippen LogP contribution in [0.2, 0.25) is 0 Å². The van der Waals surface area contributed by atoms with Crippen molar-refractivity contribution in [2.45, 2.75) is 26.5 Å². The Morgan fingerprint density at radius 3 is 2.81 bits per heavy atom. The fourth-order valence-electron chi connectivity index (χ4n) is 2.73. The number of aryl methyl sites for hydroxylation is 1. The number of nitriles is 1. The Bertz CT molecular complexity index is 931. The van der Waals surface area contributed by atoms with Crippen molar-refractivity contribution in [2.24, 2.45) is 7.05 Å². The predicted molar refractivity (Wildman–Crippen MR) is 97.9 cm³/mol. The van der Waals surface area contributed by atoms with Gasteiger partial charge >= 0.3 is 6.16 Å². The average molecular weight is 372 g/mol. The van der Waals surface area contributed by atoms with Crippen LogP contribution in [0, 0.1) is 11.3 Å². The zero-order valence-electron chi connectivity index (χ0n) is 15.7. The fraction of sp³-hybridized carbons (Fsp3) is 0.333. The van der Waals surface area contributed by atoms with Gasteiger partial charge in [0.15, 0.2) is 0 Å². The highest BCUT2D eigenvalue weighted by molar-refractivity contribution is 5.73. The molecule has 8 nitrogen and oxygen atoms in total. The summed E-state index contributed by atoms with van der Waals surface area (Å²) in [6.07, 6.45) is -0.495. The van der Waals surface area contributed by atoms with Crippen LogP contribution in [0.3, 0.4) is 0 Å². The SMILES string of the molecule is C=C(C)OC(C)c1cc(-c2c(CN(C)C(=O)F)nn(C)c2C#N)cnc1N. The zero-order chi connectivity index (χ0) is 20.3. The summed E-state index contributed by atoms with van der Waals surface area (Å²) in [5.41, 5.74) is 8.24. The van der Waals surface area contributed by atoms with Crippen LogP contribution in [0.15, 0.2) is 24.6 Å². The summed E-state index contributed by atoms with van der Waals surface area (Å²) in [5.74, 6) is 0.808. The first-order valence-corrected chi connectivity index (χ1v) is 8.10. The number of halogens is 1. The molecule has 0 aromatic carbocycles. The molecule has 9 heteroatoms. The van der Waals surface area contributed by atoms with E-state index >= 15 is 0 Å². The van der Waals surface area contributed by atoms with Crippen molar-refractivity contribution in [3.8, 4) is 17.2 Å². The van der Waals surface area contributed by atoms with Crippen LogP contribution in [0.1, 0.15) is 36.9 Å². The minimum Gasteiger partial charge on any atom is -0.491 e. The third-order valence-electron chi connectivity index (χ3n) is 3.97. The van der Waals surface area contributed by atoms with E-state index < -0.39 is 12.3 Å². The first kappa shape index (κ1) is 19.9. The largest absolute Gasteiger partial charge is 0.491 e. The molecule has 0 saturated carbocycles. The number of rotatable bonds is 6. The predicted octanol–water partition coefficient (Wildman–Crippen LogP) is 3.07. The number of carbonyl (C=O) groups excluding carboxylic acids is 1. The molecule has 0 aliphatic carbocycles. The standard InChI is InChI=1S/C18H21FN6O2/c1-10(2)27-11(3)13-6-12(8-22-17(13)21)16-14(9-24(4)18(19)26)23-25(5)15(16)7-20/h6,8,11H,1,9H2,2-5H3,(H2,21,22). The number of amides is 1. The highest BCUT2D eigenvalue weighted by atomic mass is 19.1. The van der Waals surface area contributed by atoms with Gasteiger partial charge in [-0.2, -0.15) is 10.4 Å². The van der Waals surface area contributed by atoms with Gasteiger partial charge in [-0.3, -0.25) is 4.68 Å². The second-order valence-electron chi connectivity index (χ2n) is 6.18. The Morgan fingerprint density at radius 2 is 2.26 bits per heavy atom. The van der Waals surface area contributed by atoms with Gasteiger partial charge in [-0.25, -0.2) is 9.78 Å². The molecule has 1 amide bonds. The number of aromatic nitrogens is 3. The Balaban J connectivity index is 2.59. The van der Waals surface area contributed by atoms with Gasteiger partial charge in [-0.1, -0.05) is 6.58 Å². The number of nitrogens with two attached hydrogens (primary N) is 1. The number of nitrogens with zero attached hydrogens (tertiary/aromatic N) is 5. The van der Waals surface area contributed by atoms with Gasteiger partial charge in [0.25, 0.3) is 0 Å². The zero-order valence-corrected chi connectivity index (χ0v) is 15.7. The molecule has 0 saturated heterocycles. The second-order valence-corrected chi connectivity index (χ2v) is 6.18. The molecule has 2 aromatic heterocycles. The van der Waals surface area contributed by atoms with Gasteiger partial charge < -0.3 is 15.4 Å². The third-order valence-corrected chi connectivity index (χ3v) is 3.97. The van der Waals surface area contributed by atoms with Crippen LogP contribution >= 0.6 is 0 Å². The maximum atomic E-state index is 13.0. The summed E-state index contributed by atoms with van der Waals surface area (Å²) in [6, 6.07) is 3.82. The molecule has 2 rings (SSSR count). The van der Waals surface area contributed by atoms with E-state index in [0.717, 1.165) is 4.90 Å². The number of hydrogen-bond acceptors (Lipinski definition) is 6. The van der Waals surface area contributed by atoms with E-state index in [9.17, 15) is 14.4 Å². The van der Waals surface area contributed by atoms with Gasteiger partial charge in [0.05, 0.1) is 18.0 Å². The van der Waals surface area contributed by atoms with Crippen LogP contribution in [-0.4, -0.2) is 32.9 Å². The van der Waals surface area contributed by atoms with Crippen molar-refractivity contribution in [1.82, 2.24) is 19.7 Å². The molecule has 0 radical (unpaired) electrons. The number of nitrogen functional groups attached to an aromatic ring is 1. The van der Waals surface area contributed by atoms with Crippen molar-refractivity contribution >= 4 is 12.0 Å². The molecule has 0 bridgehead atoms. The number of anilines is 1. The molecular formula is C18H21FN6O2. The van der Waals surface area contributed by atoms with Gasteiger partial charge in [0, 0.05) is 37.0 Å². The van der Waals surface area contributed by atoms with Crippen LogP contribution in [0.25, 0.3) is 11.1 Å². The van der Waals surface area contributed by atoms with Gasteiger partial charge in [-0.05, 0) is 19.9 Å². The first-order chi connectivity index (χ1) is 12.6. The molecule has 1 unspecified atom stereocenters. The van der Waals surface area contributed by atoms with E-state index in [1.54, 1.807) is 27.0 Å². The normalized spacial score (nSPS) is 11.6. The summed E-state index contributed by atoms with van der Waals surface area (Å²) < 4.78 is 20.0. The van der Waals surface area contributed by atoms with Crippen LogP contribution < -0.4 is 5.73 Å². The fourth-order valence-corrected chi connectivity index (χ4v) is 2.73. The van der Waals surface area contributed by atoms with E-state index in [2.05, 4.69) is 22.7 Å². The molecule has 2 N–H and O–H groups in total. The third kappa shape index (κ3) is 4.23. The Hall–Kier alpha value is -3.41. The molecule has 2 aromatic rings. The Labute approximate surface area is 156 Å². The van der Waals surface area contributed by atoms with Crippen LogP contribution in [0.4, 0.5) is 15.0 Å². The van der Waals surface area contributed by atoms with Crippen molar-refractivity contribution < 1.29 is 13.9 Å². The summed E-state index contributed by atoms with van der Waals surface area (Å²) in [6.45, 7) is 7.14. The quantitative estimate of drug-likeness (QED) is 0.474. The summed E-state index contributed by atoms with van der Waals surface area (Å²) >= 11 is 0. The molecule has 142 valence electrons. The Kier molecular flexibility index (Phi) is 5.80. The lowest BCUT2D eigenvalue weighted by Crippen LogP contribution is -2.21. The molecular weight excluding hydrogens is 351 g/mol. The van der Waals surface area contributed by atoms with E-state index in [-0.39, 0.29) is 18.1 Å². The van der Waals surface area contributed by atoms with E-state index in [4.69, 9.17) is 10.5 Å². The molecule has 0 aliphatic rings. The summed E-state index contributed by atoms with van der Waals surface area (Å²) in [4.78, 5) is 16.0. The van der Waals surface area contributed by atoms with Crippen LogP contribution in [0.5, 0.6) is 0 Å². The van der Waals surface area contributed by atoms with Gasteiger partial charge in [0.2, 0.25) is 0 Å². The second kappa shape index (κ2) is 7.86. The topological polar surface area (TPSA) is 110 Å². The molecule has 1 atom stereocenters. The highest BCUT2D eigenvalue weighted by Crippen LogP contribution is 2.32. The van der Waals surface area contributed by atoms with Crippen molar-refractivity contribution in [3.63, 3.8) is 0 Å². The Morgan fingerprint density at radius 1 is 1.59 bits per heavy atom. The van der Waals surface area contributed by atoms with Gasteiger partial charge in [0.1, 0.15) is 23.7 Å². The van der Waals surface area contributed by atoms with Crippen molar-refractivity contribution in [2.75, 3.05) is 12.8 Å². The maximum absolute atomic E-state index is 13.0.